The van der Waals surface area contributed by atoms with E-state index in [4.69, 9.17) is 4.74 Å². The van der Waals surface area contributed by atoms with Gasteiger partial charge in [-0.05, 0) is 57.0 Å². The van der Waals surface area contributed by atoms with Crippen LogP contribution in [0.2, 0.25) is 0 Å². The fourth-order valence-corrected chi connectivity index (χ4v) is 4.56. The molecule has 3 atom stereocenters. The van der Waals surface area contributed by atoms with Crippen LogP contribution >= 0.6 is 0 Å². The molecule has 21 heavy (non-hydrogen) atoms. The normalized spacial score (nSPS) is 35.0. The zero-order valence-corrected chi connectivity index (χ0v) is 14.5. The highest BCUT2D eigenvalue weighted by Gasteiger charge is 2.37. The van der Waals surface area contributed by atoms with E-state index in [1.807, 2.05) is 0 Å². The first kappa shape index (κ1) is 17.2. The molecule has 2 aliphatic rings. The molecule has 3 nitrogen and oxygen atoms in total. The van der Waals surface area contributed by atoms with Gasteiger partial charge >= 0.3 is 0 Å². The molecular weight excluding hydrogens is 260 g/mol. The molecule has 3 unspecified atom stereocenters. The van der Waals surface area contributed by atoms with Crippen LogP contribution in [0.25, 0.3) is 0 Å². The molecule has 0 bridgehead atoms. The lowest BCUT2D eigenvalue weighted by Crippen LogP contribution is -2.50. The van der Waals surface area contributed by atoms with E-state index < -0.39 is 0 Å². The van der Waals surface area contributed by atoms with E-state index in [0.29, 0.717) is 11.5 Å². The van der Waals surface area contributed by atoms with Crippen LogP contribution in [0.15, 0.2) is 0 Å². The van der Waals surface area contributed by atoms with E-state index in [-0.39, 0.29) is 0 Å². The van der Waals surface area contributed by atoms with Crippen molar-refractivity contribution in [3.8, 4) is 0 Å². The van der Waals surface area contributed by atoms with E-state index in [1.165, 1.54) is 58.2 Å². The van der Waals surface area contributed by atoms with E-state index in [1.54, 1.807) is 0 Å². The fraction of sp³-hybridized carbons (Fsp3) is 1.00. The fourth-order valence-electron chi connectivity index (χ4n) is 4.56. The Bertz CT molecular complexity index is 293. The molecule has 1 heterocycles. The van der Waals surface area contributed by atoms with Gasteiger partial charge in [-0.15, -0.1) is 0 Å². The molecule has 0 aromatic rings. The van der Waals surface area contributed by atoms with Crippen molar-refractivity contribution in [2.75, 3.05) is 39.8 Å². The molecule has 0 radical (unpaired) electrons. The number of hydrogen-bond acceptors (Lipinski definition) is 3. The molecule has 0 aromatic heterocycles. The average molecular weight is 296 g/mol. The Morgan fingerprint density at radius 3 is 2.86 bits per heavy atom. The summed E-state index contributed by atoms with van der Waals surface area (Å²) in [5.41, 5.74) is 0.499. The van der Waals surface area contributed by atoms with Crippen molar-refractivity contribution in [2.45, 2.75) is 64.9 Å². The number of ether oxygens (including phenoxy) is 1. The molecule has 3 heteroatoms. The minimum atomic E-state index is 0.478. The molecule has 1 saturated heterocycles. The zero-order chi connectivity index (χ0) is 15.1. The molecular formula is C18H36N2O. The molecule has 1 aliphatic heterocycles. The van der Waals surface area contributed by atoms with Crippen molar-refractivity contribution in [1.82, 2.24) is 10.2 Å². The summed E-state index contributed by atoms with van der Waals surface area (Å²) in [7, 11) is 2.12. The third-order valence-electron chi connectivity index (χ3n) is 5.32. The van der Waals surface area contributed by atoms with Crippen molar-refractivity contribution in [3.05, 3.63) is 0 Å². The van der Waals surface area contributed by atoms with Crippen molar-refractivity contribution in [2.24, 2.45) is 11.3 Å². The average Bonchev–Trinajstić information content (AvgIpc) is 2.45. The van der Waals surface area contributed by atoms with Crippen molar-refractivity contribution < 1.29 is 4.74 Å². The second-order valence-electron chi connectivity index (χ2n) is 7.60. The summed E-state index contributed by atoms with van der Waals surface area (Å²) >= 11 is 0. The Hall–Kier alpha value is -0.120. The second-order valence-corrected chi connectivity index (χ2v) is 7.60. The number of likely N-dealkylation sites (tertiary alicyclic amines) is 1. The molecule has 2 fully saturated rings. The molecule has 0 spiro atoms. The van der Waals surface area contributed by atoms with Crippen LogP contribution in [0, 0.1) is 11.3 Å². The lowest BCUT2D eigenvalue weighted by molar-refractivity contribution is -0.0188. The van der Waals surface area contributed by atoms with Crippen LogP contribution in [-0.2, 0) is 4.74 Å². The Kier molecular flexibility index (Phi) is 6.97. The van der Waals surface area contributed by atoms with Crippen LogP contribution in [-0.4, -0.2) is 50.8 Å². The Balaban J connectivity index is 1.90. The van der Waals surface area contributed by atoms with Crippen molar-refractivity contribution in [3.63, 3.8) is 0 Å². The molecule has 2 rings (SSSR count). The summed E-state index contributed by atoms with van der Waals surface area (Å²) in [5.74, 6) is 0.893. The summed E-state index contributed by atoms with van der Waals surface area (Å²) in [6, 6.07) is 0. The van der Waals surface area contributed by atoms with Gasteiger partial charge in [0.25, 0.3) is 0 Å². The van der Waals surface area contributed by atoms with Gasteiger partial charge in [0.15, 0.2) is 0 Å². The summed E-state index contributed by atoms with van der Waals surface area (Å²) < 4.78 is 6.01. The van der Waals surface area contributed by atoms with Crippen LogP contribution in [0.1, 0.15) is 58.8 Å². The van der Waals surface area contributed by atoms with Crippen LogP contribution in [0.5, 0.6) is 0 Å². The number of nitrogens with zero attached hydrogens (tertiary/aromatic N) is 1. The summed E-state index contributed by atoms with van der Waals surface area (Å²) in [4.78, 5) is 2.69. The topological polar surface area (TPSA) is 24.5 Å². The first-order chi connectivity index (χ1) is 10.2. The predicted molar refractivity (Wildman–Crippen MR) is 89.7 cm³/mol. The highest BCUT2D eigenvalue weighted by Crippen LogP contribution is 2.40. The third-order valence-corrected chi connectivity index (χ3v) is 5.32. The molecule has 0 aromatic carbocycles. The van der Waals surface area contributed by atoms with E-state index >= 15 is 0 Å². The van der Waals surface area contributed by atoms with Gasteiger partial charge in [0, 0.05) is 26.2 Å². The van der Waals surface area contributed by atoms with Crippen LogP contribution in [0.3, 0.4) is 0 Å². The maximum Gasteiger partial charge on any atom is 0.0702 e. The smallest absolute Gasteiger partial charge is 0.0702 e. The maximum atomic E-state index is 6.01. The minimum absolute atomic E-state index is 0.478. The highest BCUT2D eigenvalue weighted by molar-refractivity contribution is 4.91. The van der Waals surface area contributed by atoms with Gasteiger partial charge in [-0.2, -0.15) is 0 Å². The zero-order valence-electron chi connectivity index (χ0n) is 14.5. The minimum Gasteiger partial charge on any atom is -0.377 e. The third kappa shape index (κ3) is 5.22. The van der Waals surface area contributed by atoms with Gasteiger partial charge in [0.1, 0.15) is 0 Å². The van der Waals surface area contributed by atoms with E-state index in [2.05, 4.69) is 31.1 Å². The standard InChI is InChI=1S/C18H36N2O/c1-4-11-21-17-8-6-10-20(13-17)15-18(14-19-3)9-5-7-16(2)12-18/h16-17,19H,4-15H2,1-3H3. The number of rotatable bonds is 7. The van der Waals surface area contributed by atoms with Gasteiger partial charge in [-0.3, -0.25) is 0 Å². The summed E-state index contributed by atoms with van der Waals surface area (Å²) in [6.07, 6.45) is 9.80. The predicted octanol–water partition coefficient (Wildman–Crippen LogP) is 3.29. The first-order valence-corrected chi connectivity index (χ1v) is 9.16. The molecule has 1 aliphatic carbocycles. The van der Waals surface area contributed by atoms with Crippen molar-refractivity contribution >= 4 is 0 Å². The van der Waals surface area contributed by atoms with Gasteiger partial charge in [0.2, 0.25) is 0 Å². The van der Waals surface area contributed by atoms with Gasteiger partial charge in [-0.25, -0.2) is 0 Å². The largest absolute Gasteiger partial charge is 0.377 e. The first-order valence-electron chi connectivity index (χ1n) is 9.16. The van der Waals surface area contributed by atoms with Crippen LogP contribution in [0.4, 0.5) is 0 Å². The number of piperidine rings is 1. The van der Waals surface area contributed by atoms with E-state index in [9.17, 15) is 0 Å². The monoisotopic (exact) mass is 296 g/mol. The summed E-state index contributed by atoms with van der Waals surface area (Å²) in [6.45, 7) is 10.4. The summed E-state index contributed by atoms with van der Waals surface area (Å²) in [5, 5.41) is 3.48. The Labute approximate surface area is 131 Å². The van der Waals surface area contributed by atoms with E-state index in [0.717, 1.165) is 25.5 Å². The SMILES string of the molecule is CCCOC1CCCN(CC2(CNC)CCCC(C)C2)C1. The Morgan fingerprint density at radius 1 is 1.29 bits per heavy atom. The van der Waals surface area contributed by atoms with Crippen LogP contribution < -0.4 is 5.32 Å². The quantitative estimate of drug-likeness (QED) is 0.780. The van der Waals surface area contributed by atoms with Crippen molar-refractivity contribution in [1.29, 1.82) is 0 Å². The second kappa shape index (κ2) is 8.50. The number of hydrogen-bond donors (Lipinski definition) is 1. The number of nitrogens with one attached hydrogen (secondary N) is 1. The lowest BCUT2D eigenvalue weighted by Gasteiger charge is -2.45. The highest BCUT2D eigenvalue weighted by atomic mass is 16.5. The molecule has 1 saturated carbocycles. The van der Waals surface area contributed by atoms with Gasteiger partial charge in [-0.1, -0.05) is 26.7 Å². The molecule has 124 valence electrons. The Morgan fingerprint density at radius 2 is 2.14 bits per heavy atom. The van der Waals surface area contributed by atoms with Gasteiger partial charge < -0.3 is 15.0 Å². The lowest BCUT2D eigenvalue weighted by atomic mass is 9.69. The molecule has 1 N–H and O–H groups in total. The van der Waals surface area contributed by atoms with Gasteiger partial charge in [0.05, 0.1) is 6.10 Å². The maximum absolute atomic E-state index is 6.01. The molecule has 0 amide bonds.